The van der Waals surface area contributed by atoms with Gasteiger partial charge in [0.25, 0.3) is 0 Å². The Hall–Kier alpha value is -0.920. The van der Waals surface area contributed by atoms with Gasteiger partial charge in [-0.25, -0.2) is 0 Å². The van der Waals surface area contributed by atoms with E-state index in [9.17, 15) is 0 Å². The van der Waals surface area contributed by atoms with Gasteiger partial charge in [-0.15, -0.1) is 0 Å². The summed E-state index contributed by atoms with van der Waals surface area (Å²) in [5.74, 6) is 5.73. The largest absolute Gasteiger partial charge is 0.272 e. The normalized spacial score (nSPS) is 12.6. The fraction of sp³-hybridized carbons (Fsp3) is 0.357. The van der Waals surface area contributed by atoms with E-state index in [0.29, 0.717) is 0 Å². The van der Waals surface area contributed by atoms with E-state index in [1.807, 2.05) is 23.9 Å². The molecule has 4 nitrogen and oxygen atoms in total. The van der Waals surface area contributed by atoms with Crippen LogP contribution >= 0.6 is 22.6 Å². The van der Waals surface area contributed by atoms with Crippen LogP contribution in [-0.2, 0) is 19.9 Å². The Bertz CT molecular complexity index is 550. The number of nitrogens with zero attached hydrogens (tertiary/aromatic N) is 2. The Labute approximate surface area is 127 Å². The molecule has 0 aliphatic rings. The molecule has 0 aliphatic carbocycles. The highest BCUT2D eigenvalue weighted by Crippen LogP contribution is 2.23. The highest BCUT2D eigenvalue weighted by Gasteiger charge is 2.15. The molecule has 3 N–H and O–H groups in total. The molecule has 0 radical (unpaired) electrons. The van der Waals surface area contributed by atoms with E-state index < -0.39 is 0 Å². The molecule has 1 aromatic carbocycles. The number of hydrogen-bond acceptors (Lipinski definition) is 3. The van der Waals surface area contributed by atoms with E-state index in [0.717, 1.165) is 18.5 Å². The number of nitrogens with one attached hydrogen (secondary N) is 1. The van der Waals surface area contributed by atoms with Gasteiger partial charge in [0.1, 0.15) is 0 Å². The third-order valence-electron chi connectivity index (χ3n) is 3.28. The molecular weight excluding hydrogens is 351 g/mol. The molecule has 102 valence electrons. The van der Waals surface area contributed by atoms with Gasteiger partial charge in [-0.2, -0.15) is 5.10 Å². The molecule has 0 saturated carbocycles. The summed E-state index contributed by atoms with van der Waals surface area (Å²) >= 11 is 2.34. The molecule has 1 aromatic heterocycles. The molecule has 19 heavy (non-hydrogen) atoms. The Morgan fingerprint density at radius 3 is 2.74 bits per heavy atom. The molecular formula is C14H19IN4. The molecule has 0 bridgehead atoms. The minimum absolute atomic E-state index is 0.105. The molecule has 1 unspecified atom stereocenters. The van der Waals surface area contributed by atoms with Crippen molar-refractivity contribution in [1.82, 2.24) is 15.2 Å². The summed E-state index contributed by atoms with van der Waals surface area (Å²) in [4.78, 5) is 0. The highest BCUT2D eigenvalue weighted by atomic mass is 127. The Balaban J connectivity index is 2.24. The summed E-state index contributed by atoms with van der Waals surface area (Å²) in [6, 6.07) is 10.6. The summed E-state index contributed by atoms with van der Waals surface area (Å²) in [7, 11) is 1.98. The first-order valence-corrected chi connectivity index (χ1v) is 7.46. The lowest BCUT2D eigenvalue weighted by Gasteiger charge is -2.17. The van der Waals surface area contributed by atoms with Crippen LogP contribution in [0.5, 0.6) is 0 Å². The third-order valence-corrected chi connectivity index (χ3v) is 4.27. The van der Waals surface area contributed by atoms with Gasteiger partial charge >= 0.3 is 0 Å². The van der Waals surface area contributed by atoms with Gasteiger partial charge in [-0.3, -0.25) is 16.0 Å². The van der Waals surface area contributed by atoms with E-state index in [1.54, 1.807) is 0 Å². The van der Waals surface area contributed by atoms with Gasteiger partial charge in [0.2, 0.25) is 0 Å². The van der Waals surface area contributed by atoms with Crippen molar-refractivity contribution in [2.24, 2.45) is 12.9 Å². The minimum atomic E-state index is 0.105. The lowest BCUT2D eigenvalue weighted by atomic mass is 10.0. The number of aromatic nitrogens is 2. The van der Waals surface area contributed by atoms with E-state index >= 15 is 0 Å². The second-order valence-electron chi connectivity index (χ2n) is 4.55. The molecule has 2 rings (SSSR count). The second kappa shape index (κ2) is 6.49. The Kier molecular flexibility index (Phi) is 4.95. The van der Waals surface area contributed by atoms with Gasteiger partial charge < -0.3 is 0 Å². The first-order valence-electron chi connectivity index (χ1n) is 6.38. The fourth-order valence-electron chi connectivity index (χ4n) is 2.16. The maximum atomic E-state index is 5.73. The predicted octanol–water partition coefficient (Wildman–Crippen LogP) is 2.33. The van der Waals surface area contributed by atoms with E-state index in [1.165, 1.54) is 14.8 Å². The molecule has 0 saturated heterocycles. The molecule has 0 spiro atoms. The maximum Gasteiger partial charge on any atom is 0.0624 e. The average Bonchev–Trinajstić information content (AvgIpc) is 2.77. The second-order valence-corrected chi connectivity index (χ2v) is 5.71. The van der Waals surface area contributed by atoms with Crippen LogP contribution in [0.3, 0.4) is 0 Å². The third kappa shape index (κ3) is 3.34. The van der Waals surface area contributed by atoms with E-state index in [4.69, 9.17) is 5.84 Å². The van der Waals surface area contributed by atoms with Crippen molar-refractivity contribution in [3.05, 3.63) is 50.9 Å². The first kappa shape index (κ1) is 14.5. The fourth-order valence-corrected chi connectivity index (χ4v) is 2.92. The topological polar surface area (TPSA) is 55.9 Å². The zero-order valence-electron chi connectivity index (χ0n) is 11.2. The summed E-state index contributed by atoms with van der Waals surface area (Å²) < 4.78 is 3.17. The van der Waals surface area contributed by atoms with E-state index in [-0.39, 0.29) is 6.04 Å². The van der Waals surface area contributed by atoms with Gasteiger partial charge in [0.05, 0.1) is 11.7 Å². The summed E-state index contributed by atoms with van der Waals surface area (Å²) in [6.45, 7) is 2.12. The van der Waals surface area contributed by atoms with Crippen molar-refractivity contribution in [2.75, 3.05) is 0 Å². The van der Waals surface area contributed by atoms with Gasteiger partial charge in [-0.1, -0.05) is 25.1 Å². The molecule has 0 aliphatic heterocycles. The Morgan fingerprint density at radius 1 is 1.42 bits per heavy atom. The van der Waals surface area contributed by atoms with Crippen LogP contribution in [0.1, 0.15) is 29.9 Å². The van der Waals surface area contributed by atoms with Crippen molar-refractivity contribution in [1.29, 1.82) is 0 Å². The van der Waals surface area contributed by atoms with Crippen LogP contribution in [0.4, 0.5) is 0 Å². The van der Waals surface area contributed by atoms with Crippen molar-refractivity contribution in [2.45, 2.75) is 25.8 Å². The number of rotatable bonds is 5. The van der Waals surface area contributed by atoms with Gasteiger partial charge in [-0.05, 0) is 46.7 Å². The summed E-state index contributed by atoms with van der Waals surface area (Å²) in [5.41, 5.74) is 6.46. The molecule has 5 heteroatoms. The maximum absolute atomic E-state index is 5.73. The number of aryl methyl sites for hydroxylation is 2. The zero-order valence-corrected chi connectivity index (χ0v) is 13.4. The number of halogens is 1. The van der Waals surface area contributed by atoms with Crippen LogP contribution in [0.2, 0.25) is 0 Å². The number of benzene rings is 1. The monoisotopic (exact) mass is 370 g/mol. The van der Waals surface area contributed by atoms with Crippen LogP contribution in [0, 0.1) is 3.57 Å². The summed E-state index contributed by atoms with van der Waals surface area (Å²) in [5, 5.41) is 4.48. The summed E-state index contributed by atoms with van der Waals surface area (Å²) in [6.07, 6.45) is 1.79. The zero-order chi connectivity index (χ0) is 13.8. The number of hydrazine groups is 1. The van der Waals surface area contributed by atoms with Crippen LogP contribution in [0.25, 0.3) is 0 Å². The average molecular weight is 370 g/mol. The van der Waals surface area contributed by atoms with Crippen molar-refractivity contribution >= 4 is 22.6 Å². The molecule has 1 atom stereocenters. The standard InChI is InChI=1S/C14H19IN4/c1-3-10-8-11(19(2)18-10)9-14(17-16)12-6-4-5-7-13(12)15/h4-8,14,17H,3,9,16H2,1-2H3. The number of nitrogens with two attached hydrogens (primary N) is 1. The SMILES string of the molecule is CCc1cc(CC(NN)c2ccccc2I)n(C)n1. The van der Waals surface area contributed by atoms with Gasteiger partial charge in [0, 0.05) is 22.7 Å². The van der Waals surface area contributed by atoms with Crippen LogP contribution < -0.4 is 11.3 Å². The predicted molar refractivity (Wildman–Crippen MR) is 85.5 cm³/mol. The highest BCUT2D eigenvalue weighted by molar-refractivity contribution is 14.1. The number of hydrogen-bond donors (Lipinski definition) is 2. The quantitative estimate of drug-likeness (QED) is 0.483. The first-order chi connectivity index (χ1) is 9.15. The van der Waals surface area contributed by atoms with E-state index in [2.05, 4.69) is 58.2 Å². The van der Waals surface area contributed by atoms with Crippen molar-refractivity contribution < 1.29 is 0 Å². The Morgan fingerprint density at radius 2 is 2.16 bits per heavy atom. The molecule has 2 aromatic rings. The lowest BCUT2D eigenvalue weighted by molar-refractivity contribution is 0.528. The molecule has 0 fully saturated rings. The van der Waals surface area contributed by atoms with Crippen LogP contribution in [-0.4, -0.2) is 9.78 Å². The lowest BCUT2D eigenvalue weighted by Crippen LogP contribution is -2.30. The van der Waals surface area contributed by atoms with Gasteiger partial charge in [0.15, 0.2) is 0 Å². The molecule has 0 amide bonds. The van der Waals surface area contributed by atoms with Crippen molar-refractivity contribution in [3.8, 4) is 0 Å². The smallest absolute Gasteiger partial charge is 0.0624 e. The van der Waals surface area contributed by atoms with Crippen LogP contribution in [0.15, 0.2) is 30.3 Å². The molecule has 1 heterocycles. The van der Waals surface area contributed by atoms with Crippen molar-refractivity contribution in [3.63, 3.8) is 0 Å². The minimum Gasteiger partial charge on any atom is -0.272 e.